The van der Waals surface area contributed by atoms with Gasteiger partial charge in [0.15, 0.2) is 0 Å². The van der Waals surface area contributed by atoms with Crippen molar-refractivity contribution < 1.29 is 4.74 Å². The van der Waals surface area contributed by atoms with Gasteiger partial charge in [-0.1, -0.05) is 0 Å². The van der Waals surface area contributed by atoms with Gasteiger partial charge in [0.05, 0.1) is 11.6 Å². The van der Waals surface area contributed by atoms with Crippen molar-refractivity contribution in [2.75, 3.05) is 0 Å². The number of rotatable bonds is 0. The van der Waals surface area contributed by atoms with E-state index in [1.165, 1.54) is 10.4 Å². The first kappa shape index (κ1) is 8.51. The van der Waals surface area contributed by atoms with E-state index in [0.29, 0.717) is 12.2 Å². The Bertz CT molecular complexity index is 565. The third kappa shape index (κ3) is 1.23. The van der Waals surface area contributed by atoms with Gasteiger partial charge in [-0.15, -0.1) is 11.3 Å². The van der Waals surface area contributed by atoms with Crippen LogP contribution in [0.15, 0.2) is 29.6 Å². The molecule has 1 aliphatic rings. The molecule has 3 rings (SSSR count). The summed E-state index contributed by atoms with van der Waals surface area (Å²) in [6.45, 7) is 0.612. The van der Waals surface area contributed by atoms with Gasteiger partial charge in [0.2, 0.25) is 0 Å². The lowest BCUT2D eigenvalue weighted by Crippen LogP contribution is -2.02. The maximum atomic E-state index is 8.79. The topological polar surface area (TPSA) is 33.0 Å². The molecule has 0 amide bonds. The first-order chi connectivity index (χ1) is 7.38. The van der Waals surface area contributed by atoms with Gasteiger partial charge in [-0.25, -0.2) is 0 Å². The molecule has 0 spiro atoms. The van der Waals surface area contributed by atoms with Crippen LogP contribution in [0.2, 0.25) is 0 Å². The van der Waals surface area contributed by atoms with Crippen LogP contribution in [0.1, 0.15) is 11.1 Å². The Morgan fingerprint density at radius 1 is 1.33 bits per heavy atom. The van der Waals surface area contributed by atoms with Crippen molar-refractivity contribution in [2.24, 2.45) is 0 Å². The number of ether oxygens (including phenoxy) is 1. The SMILES string of the molecule is N#Cc1ccc2c(c1)OCc1ccsc1-2. The van der Waals surface area contributed by atoms with E-state index in [1.54, 1.807) is 17.4 Å². The normalized spacial score (nSPS) is 12.2. The first-order valence-corrected chi connectivity index (χ1v) is 5.50. The van der Waals surface area contributed by atoms with Crippen molar-refractivity contribution in [3.63, 3.8) is 0 Å². The third-order valence-electron chi connectivity index (χ3n) is 2.49. The maximum absolute atomic E-state index is 8.79. The predicted molar refractivity (Wildman–Crippen MR) is 58.8 cm³/mol. The van der Waals surface area contributed by atoms with Crippen LogP contribution in [-0.4, -0.2) is 0 Å². The second-order valence-corrected chi connectivity index (χ2v) is 4.30. The van der Waals surface area contributed by atoms with Gasteiger partial charge in [0, 0.05) is 16.0 Å². The molecule has 72 valence electrons. The summed E-state index contributed by atoms with van der Waals surface area (Å²) in [7, 11) is 0. The van der Waals surface area contributed by atoms with Gasteiger partial charge in [-0.2, -0.15) is 5.26 Å². The molecule has 0 aliphatic carbocycles. The van der Waals surface area contributed by atoms with Crippen LogP contribution in [0.3, 0.4) is 0 Å². The van der Waals surface area contributed by atoms with E-state index in [2.05, 4.69) is 17.5 Å². The number of nitrogens with zero attached hydrogens (tertiary/aromatic N) is 1. The summed E-state index contributed by atoms with van der Waals surface area (Å²) in [4.78, 5) is 1.26. The van der Waals surface area contributed by atoms with Gasteiger partial charge in [0.25, 0.3) is 0 Å². The summed E-state index contributed by atoms with van der Waals surface area (Å²) >= 11 is 1.72. The first-order valence-electron chi connectivity index (χ1n) is 4.62. The Labute approximate surface area is 91.4 Å². The molecule has 0 atom stereocenters. The number of nitriles is 1. The van der Waals surface area contributed by atoms with Crippen molar-refractivity contribution in [3.05, 3.63) is 40.8 Å². The van der Waals surface area contributed by atoms with Gasteiger partial charge >= 0.3 is 0 Å². The minimum absolute atomic E-state index is 0.612. The van der Waals surface area contributed by atoms with E-state index in [-0.39, 0.29) is 0 Å². The lowest BCUT2D eigenvalue weighted by atomic mass is 10.0. The second-order valence-electron chi connectivity index (χ2n) is 3.39. The van der Waals surface area contributed by atoms with Crippen LogP contribution >= 0.6 is 11.3 Å². The fourth-order valence-corrected chi connectivity index (χ4v) is 2.68. The highest BCUT2D eigenvalue weighted by Crippen LogP contribution is 2.40. The van der Waals surface area contributed by atoms with Crippen molar-refractivity contribution in [1.29, 1.82) is 5.26 Å². The van der Waals surface area contributed by atoms with Crippen molar-refractivity contribution in [3.8, 4) is 22.3 Å². The molecule has 2 aromatic rings. The zero-order valence-electron chi connectivity index (χ0n) is 7.86. The average molecular weight is 213 g/mol. The summed E-state index contributed by atoms with van der Waals surface area (Å²) in [6, 6.07) is 9.80. The Balaban J connectivity index is 2.23. The van der Waals surface area contributed by atoms with E-state index in [1.807, 2.05) is 12.1 Å². The largest absolute Gasteiger partial charge is 0.488 e. The Morgan fingerprint density at radius 3 is 3.13 bits per heavy atom. The van der Waals surface area contributed by atoms with Gasteiger partial charge in [-0.05, 0) is 29.6 Å². The van der Waals surface area contributed by atoms with E-state index in [9.17, 15) is 0 Å². The van der Waals surface area contributed by atoms with Crippen LogP contribution in [-0.2, 0) is 6.61 Å². The molecule has 2 nitrogen and oxygen atoms in total. The van der Waals surface area contributed by atoms with Crippen molar-refractivity contribution >= 4 is 11.3 Å². The number of fused-ring (bicyclic) bond motifs is 3. The quantitative estimate of drug-likeness (QED) is 0.673. The highest BCUT2D eigenvalue weighted by molar-refractivity contribution is 7.13. The van der Waals surface area contributed by atoms with Crippen LogP contribution < -0.4 is 4.74 Å². The van der Waals surface area contributed by atoms with E-state index in [4.69, 9.17) is 10.00 Å². The molecule has 0 unspecified atom stereocenters. The average Bonchev–Trinajstić information content (AvgIpc) is 2.76. The monoisotopic (exact) mass is 213 g/mol. The Kier molecular flexibility index (Phi) is 1.77. The van der Waals surface area contributed by atoms with E-state index in [0.717, 1.165) is 11.3 Å². The van der Waals surface area contributed by atoms with E-state index < -0.39 is 0 Å². The molecule has 0 saturated carbocycles. The van der Waals surface area contributed by atoms with E-state index >= 15 is 0 Å². The minimum Gasteiger partial charge on any atom is -0.488 e. The lowest BCUT2D eigenvalue weighted by Gasteiger charge is -2.17. The molecule has 0 N–H and O–H groups in total. The summed E-state index contributed by atoms with van der Waals surface area (Å²) in [6.07, 6.45) is 0. The van der Waals surface area contributed by atoms with Crippen LogP contribution in [0.5, 0.6) is 5.75 Å². The number of benzene rings is 1. The molecule has 0 bridgehead atoms. The fraction of sp³-hybridized carbons (Fsp3) is 0.0833. The van der Waals surface area contributed by atoms with Gasteiger partial charge in [0.1, 0.15) is 12.4 Å². The highest BCUT2D eigenvalue weighted by Gasteiger charge is 2.18. The summed E-state index contributed by atoms with van der Waals surface area (Å²) in [5, 5.41) is 10.9. The zero-order chi connectivity index (χ0) is 10.3. The Morgan fingerprint density at radius 2 is 2.27 bits per heavy atom. The van der Waals surface area contributed by atoms with Crippen molar-refractivity contribution in [1.82, 2.24) is 0 Å². The highest BCUT2D eigenvalue weighted by atomic mass is 32.1. The molecule has 15 heavy (non-hydrogen) atoms. The third-order valence-corrected chi connectivity index (χ3v) is 3.48. The standard InChI is InChI=1S/C12H7NOS/c13-6-8-1-2-10-11(5-8)14-7-9-3-4-15-12(9)10/h1-5H,7H2. The molecule has 0 radical (unpaired) electrons. The number of thiophene rings is 1. The molecule has 0 saturated heterocycles. The lowest BCUT2D eigenvalue weighted by molar-refractivity contribution is 0.303. The van der Waals surface area contributed by atoms with Crippen LogP contribution in [0, 0.1) is 11.3 Å². The van der Waals surface area contributed by atoms with Crippen LogP contribution in [0.25, 0.3) is 10.4 Å². The molecular weight excluding hydrogens is 206 g/mol. The molecule has 2 heterocycles. The van der Waals surface area contributed by atoms with Gasteiger partial charge < -0.3 is 4.74 Å². The second kappa shape index (κ2) is 3.11. The van der Waals surface area contributed by atoms with Crippen LogP contribution in [0.4, 0.5) is 0 Å². The Hall–Kier alpha value is -1.79. The maximum Gasteiger partial charge on any atom is 0.129 e. The summed E-state index contributed by atoms with van der Waals surface area (Å²) < 4.78 is 5.61. The molecule has 1 aromatic carbocycles. The summed E-state index contributed by atoms with van der Waals surface area (Å²) in [5.74, 6) is 0.823. The van der Waals surface area contributed by atoms with Gasteiger partial charge in [-0.3, -0.25) is 0 Å². The number of hydrogen-bond acceptors (Lipinski definition) is 3. The molecule has 1 aliphatic heterocycles. The summed E-state index contributed by atoms with van der Waals surface area (Å²) in [5.41, 5.74) is 2.98. The molecular formula is C12H7NOS. The van der Waals surface area contributed by atoms with Crippen molar-refractivity contribution in [2.45, 2.75) is 6.61 Å². The smallest absolute Gasteiger partial charge is 0.129 e. The number of hydrogen-bond donors (Lipinski definition) is 0. The molecule has 3 heteroatoms. The molecule has 0 fully saturated rings. The predicted octanol–water partition coefficient (Wildman–Crippen LogP) is 3.18. The fourth-order valence-electron chi connectivity index (χ4n) is 1.74. The molecule has 1 aromatic heterocycles. The zero-order valence-corrected chi connectivity index (χ0v) is 8.67. The minimum atomic E-state index is 0.612.